The molecule has 4 nitrogen and oxygen atoms in total. The molecule has 0 aliphatic carbocycles. The summed E-state index contributed by atoms with van der Waals surface area (Å²) in [5, 5.41) is 2.46. The predicted molar refractivity (Wildman–Crippen MR) is 64.9 cm³/mol. The second kappa shape index (κ2) is 6.82. The first-order chi connectivity index (χ1) is 8.88. The summed E-state index contributed by atoms with van der Waals surface area (Å²) in [6.45, 7) is 2.54. The van der Waals surface area contributed by atoms with Crippen LogP contribution in [0.5, 0.6) is 5.75 Å². The van der Waals surface area contributed by atoms with Gasteiger partial charge in [-0.15, -0.1) is 0 Å². The molecule has 0 aliphatic rings. The Balaban J connectivity index is 2.83. The maximum absolute atomic E-state index is 12.5. The third-order valence-corrected chi connectivity index (χ3v) is 2.34. The number of esters is 1. The molecule has 0 saturated heterocycles. The van der Waals surface area contributed by atoms with Gasteiger partial charge in [-0.1, -0.05) is 12.1 Å². The molecule has 1 amide bonds. The van der Waals surface area contributed by atoms with E-state index in [1.807, 2.05) is 0 Å². The normalized spacial score (nSPS) is 12.1. The van der Waals surface area contributed by atoms with Crippen LogP contribution >= 0.6 is 0 Å². The van der Waals surface area contributed by atoms with Crippen LogP contribution in [-0.4, -0.2) is 18.3 Å². The second-order valence-corrected chi connectivity index (χ2v) is 4.04. The zero-order valence-electron chi connectivity index (χ0n) is 10.7. The van der Waals surface area contributed by atoms with Crippen molar-refractivity contribution in [2.24, 2.45) is 0 Å². The topological polar surface area (TPSA) is 55.4 Å². The smallest absolute Gasteiger partial charge is 0.308 e. The summed E-state index contributed by atoms with van der Waals surface area (Å²) in [6.07, 6.45) is -2.99. The Labute approximate surface area is 109 Å². The summed E-state index contributed by atoms with van der Waals surface area (Å²) < 4.78 is 29.7. The van der Waals surface area contributed by atoms with Crippen molar-refractivity contribution in [1.29, 1.82) is 0 Å². The van der Waals surface area contributed by atoms with Crippen molar-refractivity contribution in [3.63, 3.8) is 0 Å². The molecule has 0 bridgehead atoms. The minimum absolute atomic E-state index is 0.329. The largest absolute Gasteiger partial charge is 0.427 e. The molecule has 1 rings (SSSR count). The number of ether oxygens (including phenoxy) is 1. The molecule has 1 atom stereocenters. The van der Waals surface area contributed by atoms with E-state index in [1.54, 1.807) is 12.1 Å². The number of halogens is 2. The fourth-order valence-electron chi connectivity index (χ4n) is 1.64. The van der Waals surface area contributed by atoms with Crippen LogP contribution in [0.4, 0.5) is 8.78 Å². The maximum Gasteiger partial charge on any atom is 0.308 e. The van der Waals surface area contributed by atoms with Crippen LogP contribution in [0.2, 0.25) is 0 Å². The minimum Gasteiger partial charge on any atom is -0.427 e. The van der Waals surface area contributed by atoms with Gasteiger partial charge in [0.05, 0.1) is 6.04 Å². The number of alkyl halides is 2. The van der Waals surface area contributed by atoms with E-state index in [9.17, 15) is 18.4 Å². The summed E-state index contributed by atoms with van der Waals surface area (Å²) in [6, 6.07) is 5.32. The number of carbonyl (C=O) groups is 2. The first-order valence-corrected chi connectivity index (χ1v) is 5.72. The van der Waals surface area contributed by atoms with Crippen molar-refractivity contribution in [1.82, 2.24) is 5.32 Å². The van der Waals surface area contributed by atoms with E-state index in [-0.39, 0.29) is 5.91 Å². The molecule has 0 heterocycles. The van der Waals surface area contributed by atoms with E-state index in [4.69, 9.17) is 4.74 Å². The number of carbonyl (C=O) groups excluding carboxylic acids is 2. The van der Waals surface area contributed by atoms with Crippen molar-refractivity contribution in [2.45, 2.75) is 32.7 Å². The lowest BCUT2D eigenvalue weighted by Crippen LogP contribution is -2.27. The maximum atomic E-state index is 12.5. The van der Waals surface area contributed by atoms with Crippen LogP contribution in [0.1, 0.15) is 31.9 Å². The third kappa shape index (κ3) is 5.46. The summed E-state index contributed by atoms with van der Waals surface area (Å²) in [7, 11) is 0. The van der Waals surface area contributed by atoms with Gasteiger partial charge in [-0.2, -0.15) is 0 Å². The average molecular weight is 271 g/mol. The summed E-state index contributed by atoms with van der Waals surface area (Å²) in [4.78, 5) is 21.7. The summed E-state index contributed by atoms with van der Waals surface area (Å²) in [5.41, 5.74) is 0.534. The molecule has 19 heavy (non-hydrogen) atoms. The number of rotatable bonds is 5. The summed E-state index contributed by atoms with van der Waals surface area (Å²) >= 11 is 0. The zero-order chi connectivity index (χ0) is 14.4. The molecule has 1 N–H and O–H groups in total. The Kier molecular flexibility index (Phi) is 5.41. The van der Waals surface area contributed by atoms with Gasteiger partial charge >= 0.3 is 5.97 Å². The Morgan fingerprint density at radius 1 is 1.21 bits per heavy atom. The standard InChI is InChI=1S/C13H15F2NO3/c1-8(17)16-12(7-13(14)15)10-3-5-11(6-4-10)19-9(2)18/h3-6,12-13H,7H2,1-2H3,(H,16,17). The lowest BCUT2D eigenvalue weighted by Gasteiger charge is -2.18. The van der Waals surface area contributed by atoms with E-state index >= 15 is 0 Å². The van der Waals surface area contributed by atoms with E-state index in [0.717, 1.165) is 0 Å². The highest BCUT2D eigenvalue weighted by Crippen LogP contribution is 2.23. The summed E-state index contributed by atoms with van der Waals surface area (Å²) in [5.74, 6) is -0.511. The quantitative estimate of drug-likeness (QED) is 0.661. The Morgan fingerprint density at radius 2 is 1.79 bits per heavy atom. The van der Waals surface area contributed by atoms with E-state index in [0.29, 0.717) is 11.3 Å². The molecular formula is C13H15F2NO3. The second-order valence-electron chi connectivity index (χ2n) is 4.04. The number of nitrogens with one attached hydrogen (secondary N) is 1. The molecule has 0 saturated carbocycles. The van der Waals surface area contributed by atoms with Gasteiger partial charge in [0.1, 0.15) is 5.75 Å². The van der Waals surface area contributed by atoms with Crippen LogP contribution in [-0.2, 0) is 9.59 Å². The van der Waals surface area contributed by atoms with Gasteiger partial charge in [0.2, 0.25) is 12.3 Å². The fourth-order valence-corrected chi connectivity index (χ4v) is 1.64. The molecular weight excluding hydrogens is 256 g/mol. The molecule has 1 unspecified atom stereocenters. The van der Waals surface area contributed by atoms with Crippen LogP contribution < -0.4 is 10.1 Å². The molecule has 1 aromatic carbocycles. The van der Waals surface area contributed by atoms with Crippen molar-refractivity contribution < 1.29 is 23.1 Å². The number of hydrogen-bond acceptors (Lipinski definition) is 3. The SMILES string of the molecule is CC(=O)NC(CC(F)F)c1ccc(OC(C)=O)cc1. The lowest BCUT2D eigenvalue weighted by molar-refractivity contribution is -0.131. The molecule has 0 aromatic heterocycles. The first-order valence-electron chi connectivity index (χ1n) is 5.72. The van der Waals surface area contributed by atoms with Crippen molar-refractivity contribution >= 4 is 11.9 Å². The van der Waals surface area contributed by atoms with Gasteiger partial charge in [0, 0.05) is 20.3 Å². The van der Waals surface area contributed by atoms with Crippen LogP contribution in [0.3, 0.4) is 0 Å². The van der Waals surface area contributed by atoms with Gasteiger partial charge < -0.3 is 10.1 Å². The number of hydrogen-bond donors (Lipinski definition) is 1. The Morgan fingerprint density at radius 3 is 2.21 bits per heavy atom. The van der Waals surface area contributed by atoms with Crippen molar-refractivity contribution in [3.8, 4) is 5.75 Å². The van der Waals surface area contributed by atoms with E-state index in [2.05, 4.69) is 5.32 Å². The monoisotopic (exact) mass is 271 g/mol. The van der Waals surface area contributed by atoms with Gasteiger partial charge in [-0.3, -0.25) is 9.59 Å². The molecule has 0 fully saturated rings. The van der Waals surface area contributed by atoms with Gasteiger partial charge in [0.25, 0.3) is 0 Å². The third-order valence-electron chi connectivity index (χ3n) is 2.34. The zero-order valence-corrected chi connectivity index (χ0v) is 10.7. The van der Waals surface area contributed by atoms with Gasteiger partial charge in [-0.25, -0.2) is 8.78 Å². The highest BCUT2D eigenvalue weighted by molar-refractivity contribution is 5.73. The molecule has 0 radical (unpaired) electrons. The van der Waals surface area contributed by atoms with Crippen LogP contribution in [0.25, 0.3) is 0 Å². The number of benzene rings is 1. The molecule has 6 heteroatoms. The van der Waals surface area contributed by atoms with Crippen molar-refractivity contribution in [3.05, 3.63) is 29.8 Å². The Bertz CT molecular complexity index is 446. The van der Waals surface area contributed by atoms with Crippen LogP contribution in [0.15, 0.2) is 24.3 Å². The van der Waals surface area contributed by atoms with Gasteiger partial charge in [-0.05, 0) is 17.7 Å². The highest BCUT2D eigenvalue weighted by atomic mass is 19.3. The van der Waals surface area contributed by atoms with Crippen LogP contribution in [0, 0.1) is 0 Å². The predicted octanol–water partition coefficient (Wildman–Crippen LogP) is 2.44. The molecule has 0 aliphatic heterocycles. The fraction of sp³-hybridized carbons (Fsp3) is 0.385. The highest BCUT2D eigenvalue weighted by Gasteiger charge is 2.18. The molecule has 104 valence electrons. The average Bonchev–Trinajstić information content (AvgIpc) is 2.27. The van der Waals surface area contributed by atoms with Crippen molar-refractivity contribution in [2.75, 3.05) is 0 Å². The minimum atomic E-state index is -2.52. The van der Waals surface area contributed by atoms with Gasteiger partial charge in [0.15, 0.2) is 0 Å². The van der Waals surface area contributed by atoms with E-state index in [1.165, 1.54) is 26.0 Å². The number of amides is 1. The Hall–Kier alpha value is -1.98. The molecule has 1 aromatic rings. The molecule has 0 spiro atoms. The lowest BCUT2D eigenvalue weighted by atomic mass is 10.0. The van der Waals surface area contributed by atoms with E-state index < -0.39 is 24.9 Å². The first kappa shape index (κ1) is 15.1.